The van der Waals surface area contributed by atoms with Crippen LogP contribution in [-0.2, 0) is 10.6 Å². The van der Waals surface area contributed by atoms with Gasteiger partial charge in [0.2, 0.25) is 0 Å². The third kappa shape index (κ3) is 1490. The lowest BCUT2D eigenvalue weighted by molar-refractivity contribution is 0.00819. The van der Waals surface area contributed by atoms with Crippen LogP contribution in [0.25, 0.3) is 0 Å². The van der Waals surface area contributed by atoms with Gasteiger partial charge in [-0.2, -0.15) is 21.6 Å². The van der Waals surface area contributed by atoms with Crippen molar-refractivity contribution in [3.63, 3.8) is 0 Å². The monoisotopic (exact) mass is 172 g/mol. The molecule has 0 heterocycles. The van der Waals surface area contributed by atoms with Crippen molar-refractivity contribution in [2.75, 3.05) is 0 Å². The van der Waals surface area contributed by atoms with Gasteiger partial charge >= 0.3 is 17.3 Å². The first-order valence-corrected chi connectivity index (χ1v) is 2.58. The molecule has 2 nitrogen and oxygen atoms in total. The van der Waals surface area contributed by atoms with Gasteiger partial charge in [0.1, 0.15) is 0 Å². The van der Waals surface area contributed by atoms with Crippen molar-refractivity contribution in [1.82, 2.24) is 0 Å². The van der Waals surface area contributed by atoms with Crippen LogP contribution in [0.4, 0.5) is 20.9 Å². The van der Waals surface area contributed by atoms with Crippen LogP contribution in [0.5, 0.6) is 0 Å². The summed E-state index contributed by atoms with van der Waals surface area (Å²) in [5.41, 5.74) is 0. The molecular weight excluding hydrogens is 171 g/mol. The van der Waals surface area contributed by atoms with Crippen LogP contribution < -0.4 is 0 Å². The molecule has 0 rings (SSSR count). The minimum Gasteiger partial charge on any atom is -0.174 e. The van der Waals surface area contributed by atoms with Gasteiger partial charge in [0.25, 0.3) is 0 Å². The standard InChI is InChI=1S/CHF3.F2O2S/c2-1(3)4;1-5(2,3)4/h1H;. The second-order valence-corrected chi connectivity index (χ2v) is 1.38. The summed E-state index contributed by atoms with van der Waals surface area (Å²) in [7, 11) is -5.67. The Kier molecular flexibility index (Phi) is 5.67. The predicted molar refractivity (Wildman–Crippen MR) is 18.2 cm³/mol. The third-order valence-electron chi connectivity index (χ3n) is 0. The molecule has 58 valence electrons. The van der Waals surface area contributed by atoms with Crippen LogP contribution in [0, 0.1) is 0 Å². The average molecular weight is 172 g/mol. The molecule has 0 saturated carbocycles. The first kappa shape index (κ1) is 11.4. The molecule has 0 bridgehead atoms. The highest BCUT2D eigenvalue weighted by molar-refractivity contribution is 7.81. The van der Waals surface area contributed by atoms with E-state index >= 15 is 0 Å². The van der Waals surface area contributed by atoms with Gasteiger partial charge in [-0.25, -0.2) is 0 Å². The number of hydrogen-bond acceptors (Lipinski definition) is 2. The fourth-order valence-electron chi connectivity index (χ4n) is 0. The molecule has 0 spiro atoms. The van der Waals surface area contributed by atoms with Crippen molar-refractivity contribution < 1.29 is 29.4 Å². The molecule has 9 heavy (non-hydrogen) atoms. The maximum absolute atomic E-state index is 9.99. The molecule has 0 aliphatic carbocycles. The fourth-order valence-corrected chi connectivity index (χ4v) is 0. The highest BCUT2D eigenvalue weighted by Crippen LogP contribution is 1.87. The van der Waals surface area contributed by atoms with E-state index in [1.807, 2.05) is 0 Å². The molecular formula is CHF5O2S. The quantitative estimate of drug-likeness (QED) is 0.408. The zero-order valence-electron chi connectivity index (χ0n) is 3.69. The van der Waals surface area contributed by atoms with Crippen molar-refractivity contribution in [2.45, 2.75) is 6.68 Å². The van der Waals surface area contributed by atoms with E-state index in [1.54, 1.807) is 0 Å². The molecule has 0 aromatic rings. The van der Waals surface area contributed by atoms with Crippen molar-refractivity contribution in [3.8, 4) is 0 Å². The van der Waals surface area contributed by atoms with Gasteiger partial charge in [0.05, 0.1) is 0 Å². The highest BCUT2D eigenvalue weighted by Gasteiger charge is 1.94. The van der Waals surface area contributed by atoms with Crippen molar-refractivity contribution >= 4 is 10.6 Å². The first-order chi connectivity index (χ1) is 3.73. The summed E-state index contributed by atoms with van der Waals surface area (Å²) in [4.78, 5) is 0. The zero-order chi connectivity index (χ0) is 8.08. The van der Waals surface area contributed by atoms with E-state index in [2.05, 4.69) is 0 Å². The van der Waals surface area contributed by atoms with E-state index in [1.165, 1.54) is 0 Å². The molecule has 0 aromatic carbocycles. The summed E-state index contributed by atoms with van der Waals surface area (Å²) >= 11 is 0. The summed E-state index contributed by atoms with van der Waals surface area (Å²) in [6.45, 7) is -3.67. The van der Waals surface area contributed by atoms with Crippen molar-refractivity contribution in [1.29, 1.82) is 0 Å². The molecule has 0 fully saturated rings. The fraction of sp³-hybridized carbons (Fsp3) is 1.00. The minimum absolute atomic E-state index is 3.67. The zero-order valence-corrected chi connectivity index (χ0v) is 4.51. The molecule has 0 N–H and O–H groups in total. The van der Waals surface area contributed by atoms with Crippen LogP contribution in [0.15, 0.2) is 0 Å². The molecule has 0 saturated heterocycles. The topological polar surface area (TPSA) is 34.1 Å². The Bertz CT molecular complexity index is 126. The Labute approximate surface area is 47.8 Å². The molecule has 8 heteroatoms. The lowest BCUT2D eigenvalue weighted by Gasteiger charge is -1.65. The van der Waals surface area contributed by atoms with E-state index in [9.17, 15) is 20.9 Å². The summed E-state index contributed by atoms with van der Waals surface area (Å²) in [5, 5.41) is 0. The van der Waals surface area contributed by atoms with Gasteiger partial charge in [-0.05, 0) is 0 Å². The molecule has 0 unspecified atom stereocenters. The van der Waals surface area contributed by atoms with E-state index in [4.69, 9.17) is 8.42 Å². The summed E-state index contributed by atoms with van der Waals surface area (Å²) in [6, 6.07) is 0. The molecule has 0 aromatic heterocycles. The number of rotatable bonds is 0. The Balaban J connectivity index is 0. The van der Waals surface area contributed by atoms with E-state index < -0.39 is 17.3 Å². The van der Waals surface area contributed by atoms with E-state index in [0.29, 0.717) is 0 Å². The van der Waals surface area contributed by atoms with Crippen molar-refractivity contribution in [3.05, 3.63) is 0 Å². The summed E-state index contributed by atoms with van der Waals surface area (Å²) in [5.74, 6) is 0. The van der Waals surface area contributed by atoms with Crippen molar-refractivity contribution in [2.24, 2.45) is 0 Å². The van der Waals surface area contributed by atoms with Gasteiger partial charge in [0, 0.05) is 0 Å². The molecule has 0 atom stereocenters. The smallest absolute Gasteiger partial charge is 0.174 e. The lowest BCUT2D eigenvalue weighted by atomic mass is 11.6. The normalized spacial score (nSPS) is 10.4. The number of halogens is 5. The maximum Gasteiger partial charge on any atom is 0.476 e. The summed E-state index contributed by atoms with van der Waals surface area (Å²) < 4.78 is 65.6. The van der Waals surface area contributed by atoms with Gasteiger partial charge in [0.15, 0.2) is 0 Å². The van der Waals surface area contributed by atoms with Gasteiger partial charge in [-0.1, -0.05) is 7.77 Å². The van der Waals surface area contributed by atoms with Crippen LogP contribution >= 0.6 is 0 Å². The molecule has 0 aliphatic heterocycles. The predicted octanol–water partition coefficient (Wildman–Crippen LogP) is 1.35. The Morgan fingerprint density at radius 3 is 1.00 bits per heavy atom. The second kappa shape index (κ2) is 4.48. The summed E-state index contributed by atoms with van der Waals surface area (Å²) in [6.07, 6.45) is 0. The van der Waals surface area contributed by atoms with Crippen LogP contribution in [0.3, 0.4) is 0 Å². The maximum atomic E-state index is 9.99. The van der Waals surface area contributed by atoms with Gasteiger partial charge in [-0.3, -0.25) is 0 Å². The SMILES string of the molecule is FC(F)F.O=S(=O)(F)F. The highest BCUT2D eigenvalue weighted by atomic mass is 32.3. The van der Waals surface area contributed by atoms with Crippen LogP contribution in [0.2, 0.25) is 0 Å². The minimum atomic E-state index is -5.67. The lowest BCUT2D eigenvalue weighted by Crippen LogP contribution is -1.69. The van der Waals surface area contributed by atoms with Gasteiger partial charge < -0.3 is 0 Å². The first-order valence-electron chi connectivity index (χ1n) is 1.30. The van der Waals surface area contributed by atoms with Gasteiger partial charge in [-0.15, -0.1) is 0 Å². The Morgan fingerprint density at radius 1 is 1.00 bits per heavy atom. The number of alkyl halides is 3. The second-order valence-electron chi connectivity index (χ2n) is 0.626. The molecule has 0 aliphatic rings. The largest absolute Gasteiger partial charge is 0.476 e. The van der Waals surface area contributed by atoms with Crippen LogP contribution in [-0.4, -0.2) is 15.1 Å². The average Bonchev–Trinajstić information content (AvgIpc) is 1.19. The van der Waals surface area contributed by atoms with Crippen LogP contribution in [0.1, 0.15) is 0 Å². The Morgan fingerprint density at radius 2 is 1.00 bits per heavy atom. The third-order valence-corrected chi connectivity index (χ3v) is 0. The molecule has 0 amide bonds. The Hall–Kier alpha value is -0.400. The number of hydrogen-bond donors (Lipinski definition) is 0. The van der Waals surface area contributed by atoms with E-state index in [0.717, 1.165) is 0 Å². The molecule has 0 radical (unpaired) electrons. The van der Waals surface area contributed by atoms with E-state index in [-0.39, 0.29) is 0 Å².